The van der Waals surface area contributed by atoms with Crippen LogP contribution in [0.15, 0.2) is 41.0 Å². The van der Waals surface area contributed by atoms with E-state index in [0.29, 0.717) is 11.5 Å². The summed E-state index contributed by atoms with van der Waals surface area (Å²) in [7, 11) is 0. The highest BCUT2D eigenvalue weighted by atomic mass is 16.5. The molecule has 2 aromatic rings. The van der Waals surface area contributed by atoms with Crippen LogP contribution in [0.3, 0.4) is 0 Å². The van der Waals surface area contributed by atoms with Gasteiger partial charge in [-0.15, -0.1) is 0 Å². The zero-order chi connectivity index (χ0) is 18.9. The first kappa shape index (κ1) is 18.0. The number of amides is 3. The van der Waals surface area contributed by atoms with E-state index in [1.165, 1.54) is 6.26 Å². The highest BCUT2D eigenvalue weighted by molar-refractivity contribution is 6.06. The molecule has 1 saturated heterocycles. The van der Waals surface area contributed by atoms with Crippen molar-refractivity contribution in [2.24, 2.45) is 0 Å². The second-order valence-corrected chi connectivity index (χ2v) is 6.74. The minimum absolute atomic E-state index is 0.0303. The van der Waals surface area contributed by atoms with Gasteiger partial charge in [0.2, 0.25) is 0 Å². The number of aliphatic hydroxyl groups is 1. The summed E-state index contributed by atoms with van der Waals surface area (Å²) < 4.78 is 10.9. The molecule has 0 spiro atoms. The van der Waals surface area contributed by atoms with Gasteiger partial charge in [-0.1, -0.05) is 6.07 Å². The van der Waals surface area contributed by atoms with Crippen LogP contribution in [0.5, 0.6) is 5.75 Å². The lowest BCUT2D eigenvalue weighted by Gasteiger charge is -2.21. The summed E-state index contributed by atoms with van der Waals surface area (Å²) in [5.41, 5.74) is 0.838. The Kier molecular flexibility index (Phi) is 4.73. The maximum Gasteiger partial charge on any atom is 0.325 e. The van der Waals surface area contributed by atoms with Crippen molar-refractivity contribution in [1.29, 1.82) is 0 Å². The topological polar surface area (TPSA) is 92.0 Å². The first-order valence-corrected chi connectivity index (χ1v) is 8.37. The van der Waals surface area contributed by atoms with Crippen LogP contribution in [-0.4, -0.2) is 41.2 Å². The molecule has 3 rings (SSSR count). The Morgan fingerprint density at radius 3 is 2.58 bits per heavy atom. The number of rotatable bonds is 6. The Hall–Kier alpha value is -2.80. The van der Waals surface area contributed by atoms with Crippen LogP contribution in [0.1, 0.15) is 23.8 Å². The Balaban J connectivity index is 1.63. The van der Waals surface area contributed by atoms with Crippen LogP contribution in [-0.2, 0) is 10.3 Å². The standard InChI is InChI=1S/C19H22N2O5/c1-12-7-13(2)9-15(8-12)26-11-14(22)10-21-17(23)19(3,20-18(21)24)16-5-4-6-25-16/h4-9,14,22H,10-11H2,1-3H3,(H,20,24). The number of ether oxygens (including phenoxy) is 1. The number of urea groups is 1. The molecule has 1 aliphatic heterocycles. The summed E-state index contributed by atoms with van der Waals surface area (Å²) >= 11 is 0. The fraction of sp³-hybridized carbons (Fsp3) is 0.368. The number of furan rings is 1. The van der Waals surface area contributed by atoms with Crippen molar-refractivity contribution in [2.75, 3.05) is 13.2 Å². The van der Waals surface area contributed by atoms with Crippen molar-refractivity contribution < 1.29 is 23.8 Å². The molecule has 2 atom stereocenters. The average molecular weight is 358 g/mol. The third kappa shape index (κ3) is 3.43. The summed E-state index contributed by atoms with van der Waals surface area (Å²) in [6.45, 7) is 5.30. The van der Waals surface area contributed by atoms with Gasteiger partial charge in [-0.3, -0.25) is 9.69 Å². The second-order valence-electron chi connectivity index (χ2n) is 6.74. The zero-order valence-corrected chi connectivity index (χ0v) is 15.0. The van der Waals surface area contributed by atoms with Gasteiger partial charge >= 0.3 is 6.03 Å². The number of nitrogens with one attached hydrogen (secondary N) is 1. The molecule has 0 saturated carbocycles. The smallest absolute Gasteiger partial charge is 0.325 e. The van der Waals surface area contributed by atoms with Crippen LogP contribution < -0.4 is 10.1 Å². The van der Waals surface area contributed by atoms with Crippen molar-refractivity contribution in [2.45, 2.75) is 32.4 Å². The van der Waals surface area contributed by atoms with Crippen molar-refractivity contribution in [3.8, 4) is 5.75 Å². The first-order valence-electron chi connectivity index (χ1n) is 8.37. The normalized spacial score (nSPS) is 21.0. The number of nitrogens with zero attached hydrogens (tertiary/aromatic N) is 1. The van der Waals surface area contributed by atoms with Gasteiger partial charge in [0.15, 0.2) is 5.54 Å². The third-order valence-corrected chi connectivity index (χ3v) is 4.32. The number of hydrogen-bond donors (Lipinski definition) is 2. The number of benzene rings is 1. The lowest BCUT2D eigenvalue weighted by molar-refractivity contribution is -0.132. The van der Waals surface area contributed by atoms with Crippen LogP contribution in [0, 0.1) is 13.8 Å². The largest absolute Gasteiger partial charge is 0.491 e. The lowest BCUT2D eigenvalue weighted by atomic mass is 9.99. The van der Waals surface area contributed by atoms with E-state index < -0.39 is 23.6 Å². The van der Waals surface area contributed by atoms with Crippen LogP contribution in [0.4, 0.5) is 4.79 Å². The molecule has 2 heterocycles. The van der Waals surface area contributed by atoms with Crippen LogP contribution in [0.2, 0.25) is 0 Å². The molecule has 2 N–H and O–H groups in total. The maximum absolute atomic E-state index is 12.7. The summed E-state index contributed by atoms with van der Waals surface area (Å²) in [6, 6.07) is 8.45. The molecular weight excluding hydrogens is 336 g/mol. The van der Waals surface area contributed by atoms with Gasteiger partial charge in [0, 0.05) is 0 Å². The minimum Gasteiger partial charge on any atom is -0.491 e. The second kappa shape index (κ2) is 6.84. The molecule has 1 aromatic carbocycles. The molecule has 138 valence electrons. The van der Waals surface area contributed by atoms with Gasteiger partial charge < -0.3 is 19.6 Å². The fourth-order valence-electron chi connectivity index (χ4n) is 3.06. The molecule has 3 amide bonds. The summed E-state index contributed by atoms with van der Waals surface area (Å²) in [5, 5.41) is 12.8. The van der Waals surface area contributed by atoms with Gasteiger partial charge in [0.05, 0.1) is 12.8 Å². The average Bonchev–Trinajstić information content (AvgIpc) is 3.17. The number of hydrogen-bond acceptors (Lipinski definition) is 5. The quantitative estimate of drug-likeness (QED) is 0.772. The minimum atomic E-state index is -1.27. The molecule has 7 nitrogen and oxygen atoms in total. The van der Waals surface area contributed by atoms with E-state index in [1.807, 2.05) is 32.0 Å². The molecule has 1 aliphatic rings. The number of aliphatic hydroxyl groups excluding tert-OH is 1. The summed E-state index contributed by atoms with van der Waals surface area (Å²) in [6.07, 6.45) is 0.430. The molecule has 0 bridgehead atoms. The lowest BCUT2D eigenvalue weighted by Crippen LogP contribution is -2.42. The van der Waals surface area contributed by atoms with Crippen molar-refractivity contribution in [3.63, 3.8) is 0 Å². The molecular formula is C19H22N2O5. The third-order valence-electron chi connectivity index (χ3n) is 4.32. The molecule has 0 radical (unpaired) electrons. The molecule has 1 aromatic heterocycles. The van der Waals surface area contributed by atoms with Crippen molar-refractivity contribution in [3.05, 3.63) is 53.5 Å². The van der Waals surface area contributed by atoms with Gasteiger partial charge in [0.25, 0.3) is 5.91 Å². The van der Waals surface area contributed by atoms with E-state index in [9.17, 15) is 14.7 Å². The number of carbonyl (C=O) groups excluding carboxylic acids is 2. The molecule has 0 aliphatic carbocycles. The predicted molar refractivity (Wildman–Crippen MR) is 93.7 cm³/mol. The van der Waals surface area contributed by atoms with Crippen molar-refractivity contribution >= 4 is 11.9 Å². The monoisotopic (exact) mass is 358 g/mol. The van der Waals surface area contributed by atoms with Gasteiger partial charge in [-0.2, -0.15) is 0 Å². The number of β-amino-alcohol motifs (C(OH)–C–C–N with tert-alkyl or cyclic N) is 1. The number of carbonyl (C=O) groups is 2. The maximum atomic E-state index is 12.7. The zero-order valence-electron chi connectivity index (χ0n) is 15.0. The van der Waals surface area contributed by atoms with E-state index >= 15 is 0 Å². The Labute approximate surface area is 151 Å². The molecule has 2 unspecified atom stereocenters. The van der Waals surface area contributed by atoms with Crippen molar-refractivity contribution in [1.82, 2.24) is 10.2 Å². The van der Waals surface area contributed by atoms with E-state index in [4.69, 9.17) is 9.15 Å². The number of imide groups is 1. The van der Waals surface area contributed by atoms with E-state index in [2.05, 4.69) is 5.32 Å². The van der Waals surface area contributed by atoms with Crippen LogP contribution >= 0.6 is 0 Å². The molecule has 1 fully saturated rings. The Morgan fingerprint density at radius 1 is 1.27 bits per heavy atom. The highest BCUT2D eigenvalue weighted by Crippen LogP contribution is 2.29. The van der Waals surface area contributed by atoms with Gasteiger partial charge in [-0.05, 0) is 56.2 Å². The van der Waals surface area contributed by atoms with Gasteiger partial charge in [0.1, 0.15) is 24.2 Å². The van der Waals surface area contributed by atoms with E-state index in [0.717, 1.165) is 16.0 Å². The van der Waals surface area contributed by atoms with E-state index in [1.54, 1.807) is 19.1 Å². The van der Waals surface area contributed by atoms with Gasteiger partial charge in [-0.25, -0.2) is 4.79 Å². The summed E-state index contributed by atoms with van der Waals surface area (Å²) in [5.74, 6) is 0.515. The Morgan fingerprint density at radius 2 is 1.96 bits per heavy atom. The summed E-state index contributed by atoms with van der Waals surface area (Å²) in [4.78, 5) is 25.8. The molecule has 26 heavy (non-hydrogen) atoms. The number of aryl methyl sites for hydroxylation is 2. The highest BCUT2D eigenvalue weighted by Gasteiger charge is 2.51. The fourth-order valence-corrected chi connectivity index (χ4v) is 3.06. The molecule has 7 heteroatoms. The van der Waals surface area contributed by atoms with Crippen LogP contribution in [0.25, 0.3) is 0 Å². The first-order chi connectivity index (χ1) is 12.3. The van der Waals surface area contributed by atoms with E-state index in [-0.39, 0.29) is 13.2 Å². The predicted octanol–water partition coefficient (Wildman–Crippen LogP) is 2.10. The Bertz CT molecular complexity index is 797. The SMILES string of the molecule is Cc1cc(C)cc(OCC(O)CN2C(=O)NC(C)(c3ccco3)C2=O)c1.